The molecule has 1 atom stereocenters. The molecule has 32 heavy (non-hydrogen) atoms. The number of hydrogen-bond donors (Lipinski definition) is 4. The number of nitrogens with zero attached hydrogens (tertiary/aromatic N) is 2. The highest BCUT2D eigenvalue weighted by atomic mass is 16.7. The van der Waals surface area contributed by atoms with Crippen molar-refractivity contribution in [3.8, 4) is 23.6 Å². The molecule has 0 aliphatic carbocycles. The first-order chi connectivity index (χ1) is 15.4. The van der Waals surface area contributed by atoms with Crippen molar-refractivity contribution in [2.24, 2.45) is 0 Å². The Balaban J connectivity index is 1.83. The summed E-state index contributed by atoms with van der Waals surface area (Å²) in [4.78, 5) is 30.5. The number of carbonyl (C=O) groups excluding carboxylic acids is 2. The van der Waals surface area contributed by atoms with Crippen molar-refractivity contribution in [1.82, 2.24) is 10.0 Å². The van der Waals surface area contributed by atoms with Crippen LogP contribution in [-0.4, -0.2) is 38.0 Å². The third kappa shape index (κ3) is 5.46. The zero-order valence-electron chi connectivity index (χ0n) is 16.7. The molecule has 3 aromatic rings. The summed E-state index contributed by atoms with van der Waals surface area (Å²) >= 11 is 0. The molecule has 9 heteroatoms. The van der Waals surface area contributed by atoms with Gasteiger partial charge in [-0.15, -0.1) is 4.73 Å². The molecule has 0 fully saturated rings. The number of aromatic nitrogens is 1. The van der Waals surface area contributed by atoms with Crippen molar-refractivity contribution in [1.29, 1.82) is 5.26 Å². The average molecular weight is 433 g/mol. The van der Waals surface area contributed by atoms with Crippen molar-refractivity contribution in [3.63, 3.8) is 0 Å². The maximum absolute atomic E-state index is 12.8. The van der Waals surface area contributed by atoms with Gasteiger partial charge >= 0.3 is 5.97 Å². The molecule has 1 unspecified atom stereocenters. The SMILES string of the molecule is N#CC(=Cc1ccc(O)cc1)C(=O)NC(Cc1ccccc1)C(=O)On1c(O)ccc1O. The summed E-state index contributed by atoms with van der Waals surface area (Å²) < 4.78 is 0.518. The Morgan fingerprint density at radius 1 is 1.00 bits per heavy atom. The van der Waals surface area contributed by atoms with Gasteiger partial charge in [-0.3, -0.25) is 4.79 Å². The number of carbonyl (C=O) groups is 2. The molecule has 1 amide bonds. The van der Waals surface area contributed by atoms with Crippen LogP contribution in [0.3, 0.4) is 0 Å². The Morgan fingerprint density at radius 3 is 2.22 bits per heavy atom. The van der Waals surface area contributed by atoms with E-state index in [1.807, 2.05) is 0 Å². The number of nitriles is 1. The number of phenolic OH excluding ortho intramolecular Hbond substituents is 1. The van der Waals surface area contributed by atoms with Crippen molar-refractivity contribution >= 4 is 18.0 Å². The second-order valence-electron chi connectivity index (χ2n) is 6.73. The van der Waals surface area contributed by atoms with E-state index >= 15 is 0 Å². The lowest BCUT2D eigenvalue weighted by molar-refractivity contribution is -0.149. The van der Waals surface area contributed by atoms with Gasteiger partial charge in [0.15, 0.2) is 0 Å². The van der Waals surface area contributed by atoms with E-state index in [0.29, 0.717) is 15.9 Å². The molecular formula is C23H19N3O6. The first-order valence-electron chi connectivity index (χ1n) is 9.45. The maximum Gasteiger partial charge on any atom is 0.355 e. The van der Waals surface area contributed by atoms with Crippen molar-refractivity contribution < 1.29 is 29.7 Å². The zero-order valence-corrected chi connectivity index (χ0v) is 16.7. The van der Waals surface area contributed by atoms with Gasteiger partial charge < -0.3 is 25.5 Å². The molecule has 0 saturated carbocycles. The fourth-order valence-electron chi connectivity index (χ4n) is 2.81. The monoisotopic (exact) mass is 433 g/mol. The van der Waals surface area contributed by atoms with Crippen molar-refractivity contribution in [2.75, 3.05) is 0 Å². The normalized spacial score (nSPS) is 11.9. The Kier molecular flexibility index (Phi) is 6.78. The molecule has 1 heterocycles. The van der Waals surface area contributed by atoms with Crippen LogP contribution >= 0.6 is 0 Å². The lowest BCUT2D eigenvalue weighted by atomic mass is 10.1. The lowest BCUT2D eigenvalue weighted by Gasteiger charge is -2.18. The van der Waals surface area contributed by atoms with Crippen molar-refractivity contribution in [2.45, 2.75) is 12.5 Å². The first kappa shape index (κ1) is 22.0. The molecule has 0 saturated heterocycles. The molecule has 9 nitrogen and oxygen atoms in total. The van der Waals surface area contributed by atoms with E-state index in [0.717, 1.165) is 12.1 Å². The van der Waals surface area contributed by atoms with Crippen LogP contribution in [0.1, 0.15) is 11.1 Å². The van der Waals surface area contributed by atoms with Crippen LogP contribution in [0.4, 0.5) is 0 Å². The molecule has 0 bridgehead atoms. The van der Waals surface area contributed by atoms with Gasteiger partial charge in [0.1, 0.15) is 23.4 Å². The number of benzene rings is 2. The van der Waals surface area contributed by atoms with Gasteiger partial charge in [0.05, 0.1) is 0 Å². The van der Waals surface area contributed by atoms with E-state index in [9.17, 15) is 30.2 Å². The number of nitrogens with one attached hydrogen (secondary N) is 1. The molecule has 0 radical (unpaired) electrons. The summed E-state index contributed by atoms with van der Waals surface area (Å²) in [5.41, 5.74) is 0.934. The van der Waals surface area contributed by atoms with E-state index in [2.05, 4.69) is 5.32 Å². The number of amides is 1. The number of rotatable bonds is 7. The molecule has 4 N–H and O–H groups in total. The number of hydrogen-bond acceptors (Lipinski definition) is 7. The highest BCUT2D eigenvalue weighted by Crippen LogP contribution is 2.19. The minimum atomic E-state index is -1.23. The molecule has 3 rings (SSSR count). The summed E-state index contributed by atoms with van der Waals surface area (Å²) in [6, 6.07) is 17.5. The molecule has 0 aliphatic heterocycles. The van der Waals surface area contributed by atoms with Crippen LogP contribution in [0.5, 0.6) is 17.5 Å². The van der Waals surface area contributed by atoms with E-state index < -0.39 is 29.7 Å². The highest BCUT2D eigenvalue weighted by Gasteiger charge is 2.26. The summed E-state index contributed by atoms with van der Waals surface area (Å²) in [7, 11) is 0. The smallest absolute Gasteiger partial charge is 0.355 e. The van der Waals surface area contributed by atoms with Gasteiger partial charge in [-0.05, 0) is 29.3 Å². The number of phenols is 1. The standard InChI is InChI=1S/C23H19N3O6/c24-14-17(12-16-6-8-18(27)9-7-16)22(30)25-19(13-15-4-2-1-3-5-15)23(31)32-26-20(28)10-11-21(26)29/h1-12,19,27-29H,13H2,(H,25,30). The van der Waals surface area contributed by atoms with Crippen LogP contribution in [0.2, 0.25) is 0 Å². The molecule has 2 aromatic carbocycles. The van der Waals surface area contributed by atoms with Crippen LogP contribution in [0, 0.1) is 11.3 Å². The van der Waals surface area contributed by atoms with Gasteiger partial charge in [0, 0.05) is 18.6 Å². The fraction of sp³-hybridized carbons (Fsp3) is 0.0870. The Hall–Kier alpha value is -4.71. The third-order valence-electron chi connectivity index (χ3n) is 4.42. The zero-order chi connectivity index (χ0) is 23.1. The van der Waals surface area contributed by atoms with Gasteiger partial charge in [-0.2, -0.15) is 5.26 Å². The van der Waals surface area contributed by atoms with E-state index in [1.165, 1.54) is 30.3 Å². The van der Waals surface area contributed by atoms with E-state index in [-0.39, 0.29) is 17.7 Å². The molecule has 0 spiro atoms. The van der Waals surface area contributed by atoms with Gasteiger partial charge in [-0.25, -0.2) is 4.79 Å². The predicted octanol–water partition coefficient (Wildman–Crippen LogP) is 1.89. The lowest BCUT2D eigenvalue weighted by Crippen LogP contribution is -2.46. The van der Waals surface area contributed by atoms with Crippen molar-refractivity contribution in [3.05, 3.63) is 83.4 Å². The first-order valence-corrected chi connectivity index (χ1v) is 9.45. The highest BCUT2D eigenvalue weighted by molar-refractivity contribution is 6.03. The fourth-order valence-corrected chi connectivity index (χ4v) is 2.81. The second-order valence-corrected chi connectivity index (χ2v) is 6.73. The summed E-state index contributed by atoms with van der Waals surface area (Å²) in [5, 5.41) is 40.7. The van der Waals surface area contributed by atoms with Crippen LogP contribution in [-0.2, 0) is 16.0 Å². The van der Waals surface area contributed by atoms with Gasteiger partial charge in [0.25, 0.3) is 5.91 Å². The van der Waals surface area contributed by atoms with Gasteiger partial charge in [-0.1, -0.05) is 42.5 Å². The topological polar surface area (TPSA) is 145 Å². The Labute approximate surface area is 183 Å². The molecule has 162 valence electrons. The largest absolute Gasteiger partial charge is 0.508 e. The quantitative estimate of drug-likeness (QED) is 0.329. The summed E-state index contributed by atoms with van der Waals surface area (Å²) in [6.45, 7) is 0. The summed E-state index contributed by atoms with van der Waals surface area (Å²) in [6.07, 6.45) is 1.34. The summed E-state index contributed by atoms with van der Waals surface area (Å²) in [5.74, 6) is -2.77. The van der Waals surface area contributed by atoms with E-state index in [4.69, 9.17) is 4.84 Å². The Morgan fingerprint density at radius 2 is 1.62 bits per heavy atom. The minimum absolute atomic E-state index is 0.0339. The third-order valence-corrected chi connectivity index (χ3v) is 4.42. The predicted molar refractivity (Wildman–Crippen MR) is 113 cm³/mol. The minimum Gasteiger partial charge on any atom is -0.508 e. The number of aromatic hydroxyl groups is 3. The van der Waals surface area contributed by atoms with Crippen LogP contribution in [0.15, 0.2) is 72.3 Å². The Bertz CT molecular complexity index is 1160. The molecule has 1 aromatic heterocycles. The maximum atomic E-state index is 12.8. The van der Waals surface area contributed by atoms with Gasteiger partial charge in [0.2, 0.25) is 11.8 Å². The second kappa shape index (κ2) is 9.86. The molecule has 0 aliphatic rings. The van der Waals surface area contributed by atoms with E-state index in [1.54, 1.807) is 36.4 Å². The average Bonchev–Trinajstić information content (AvgIpc) is 3.10. The van der Waals surface area contributed by atoms with Crippen LogP contribution < -0.4 is 10.2 Å². The van der Waals surface area contributed by atoms with Crippen LogP contribution in [0.25, 0.3) is 6.08 Å². The molecular weight excluding hydrogens is 414 g/mol.